The number of amides is 1. The van der Waals surface area contributed by atoms with Crippen LogP contribution in [0.15, 0.2) is 0 Å². The Bertz CT molecular complexity index is 208. The molecule has 0 rings (SSSR count). The molecule has 1 amide bonds. The molecule has 1 atom stereocenters. The van der Waals surface area contributed by atoms with Crippen LogP contribution < -0.4 is 11.1 Å². The van der Waals surface area contributed by atoms with Gasteiger partial charge in [0, 0.05) is 20.1 Å². The monoisotopic (exact) mass is 218 g/mol. The van der Waals surface area contributed by atoms with Gasteiger partial charge < -0.3 is 20.5 Å². The lowest BCUT2D eigenvalue weighted by atomic mass is 10.3. The molecule has 6 nitrogen and oxygen atoms in total. The highest BCUT2D eigenvalue weighted by Gasteiger charge is 2.19. The van der Waals surface area contributed by atoms with Gasteiger partial charge in [0.25, 0.3) is 0 Å². The van der Waals surface area contributed by atoms with Crippen molar-refractivity contribution in [3.8, 4) is 0 Å². The van der Waals surface area contributed by atoms with Crippen LogP contribution in [0.1, 0.15) is 13.3 Å². The quantitative estimate of drug-likeness (QED) is 0.536. The maximum atomic E-state index is 11.2. The summed E-state index contributed by atoms with van der Waals surface area (Å²) in [4.78, 5) is 22.5. The number of rotatable bonds is 7. The van der Waals surface area contributed by atoms with Crippen molar-refractivity contribution in [3.05, 3.63) is 0 Å². The zero-order chi connectivity index (χ0) is 11.7. The third-order valence-corrected chi connectivity index (χ3v) is 1.68. The van der Waals surface area contributed by atoms with Gasteiger partial charge in [-0.2, -0.15) is 0 Å². The molecule has 0 fully saturated rings. The van der Waals surface area contributed by atoms with E-state index in [-0.39, 0.29) is 25.5 Å². The highest BCUT2D eigenvalue weighted by atomic mass is 16.5. The molecule has 6 heteroatoms. The number of carbonyl (C=O) groups excluding carboxylic acids is 2. The van der Waals surface area contributed by atoms with Crippen LogP contribution in [0.2, 0.25) is 0 Å². The molecular formula is C9H18N2O4. The van der Waals surface area contributed by atoms with E-state index in [0.717, 1.165) is 0 Å². The van der Waals surface area contributed by atoms with E-state index in [1.165, 1.54) is 7.11 Å². The van der Waals surface area contributed by atoms with Gasteiger partial charge in [-0.1, -0.05) is 0 Å². The summed E-state index contributed by atoms with van der Waals surface area (Å²) in [5, 5.41) is 2.47. The average Bonchev–Trinajstić information content (AvgIpc) is 2.23. The van der Waals surface area contributed by atoms with Gasteiger partial charge in [0.05, 0.1) is 13.2 Å². The molecule has 0 saturated carbocycles. The summed E-state index contributed by atoms with van der Waals surface area (Å²) in [6, 6.07) is -0.769. The zero-order valence-electron chi connectivity index (χ0n) is 9.12. The lowest BCUT2D eigenvalue weighted by molar-refractivity contribution is -0.147. The molecule has 0 aromatic heterocycles. The highest BCUT2D eigenvalue weighted by Crippen LogP contribution is 1.90. The first-order valence-corrected chi connectivity index (χ1v) is 4.80. The minimum absolute atomic E-state index is 0.0254. The summed E-state index contributed by atoms with van der Waals surface area (Å²) in [6.07, 6.45) is 0.201. The predicted octanol–water partition coefficient (Wildman–Crippen LogP) is -0.970. The van der Waals surface area contributed by atoms with Gasteiger partial charge in [-0.05, 0) is 6.92 Å². The first kappa shape index (κ1) is 13.9. The van der Waals surface area contributed by atoms with Crippen molar-refractivity contribution in [1.82, 2.24) is 5.32 Å². The van der Waals surface area contributed by atoms with Crippen molar-refractivity contribution in [2.75, 3.05) is 26.9 Å². The van der Waals surface area contributed by atoms with Crippen molar-refractivity contribution >= 4 is 11.9 Å². The molecule has 0 spiro atoms. The van der Waals surface area contributed by atoms with E-state index in [4.69, 9.17) is 15.2 Å². The van der Waals surface area contributed by atoms with Gasteiger partial charge in [-0.25, -0.2) is 4.79 Å². The molecule has 88 valence electrons. The standard InChI is InChI=1S/C9H18N2O4/c1-3-15-9(13)7(6-10)11-8(12)4-5-14-2/h7H,3-6,10H2,1-2H3,(H,11,12). The summed E-state index contributed by atoms with van der Waals surface area (Å²) in [6.45, 7) is 2.30. The molecular weight excluding hydrogens is 200 g/mol. The summed E-state index contributed by atoms with van der Waals surface area (Å²) < 4.78 is 9.46. The fraction of sp³-hybridized carbons (Fsp3) is 0.778. The van der Waals surface area contributed by atoms with Crippen LogP contribution in [0.25, 0.3) is 0 Å². The van der Waals surface area contributed by atoms with E-state index in [1.807, 2.05) is 0 Å². The molecule has 0 aliphatic heterocycles. The highest BCUT2D eigenvalue weighted by molar-refractivity contribution is 5.84. The second kappa shape index (κ2) is 8.19. The van der Waals surface area contributed by atoms with E-state index < -0.39 is 12.0 Å². The molecule has 0 saturated heterocycles. The zero-order valence-corrected chi connectivity index (χ0v) is 9.12. The van der Waals surface area contributed by atoms with Crippen molar-refractivity contribution in [3.63, 3.8) is 0 Å². The van der Waals surface area contributed by atoms with Crippen molar-refractivity contribution in [2.24, 2.45) is 5.73 Å². The SMILES string of the molecule is CCOC(=O)C(CN)NC(=O)CCOC. The third-order valence-electron chi connectivity index (χ3n) is 1.68. The summed E-state index contributed by atoms with van der Waals surface area (Å²) in [5.41, 5.74) is 5.33. The van der Waals surface area contributed by atoms with Gasteiger partial charge in [0.1, 0.15) is 6.04 Å². The van der Waals surface area contributed by atoms with E-state index >= 15 is 0 Å². The molecule has 0 radical (unpaired) electrons. The Labute approximate surface area is 89.1 Å². The van der Waals surface area contributed by atoms with E-state index in [9.17, 15) is 9.59 Å². The molecule has 0 aromatic carbocycles. The van der Waals surface area contributed by atoms with Crippen LogP contribution in [-0.4, -0.2) is 44.8 Å². The van der Waals surface area contributed by atoms with Crippen LogP contribution >= 0.6 is 0 Å². The predicted molar refractivity (Wildman–Crippen MR) is 54.1 cm³/mol. The van der Waals surface area contributed by atoms with Crippen LogP contribution in [0.4, 0.5) is 0 Å². The Hall–Kier alpha value is -1.14. The third kappa shape index (κ3) is 6.03. The maximum absolute atomic E-state index is 11.2. The van der Waals surface area contributed by atoms with Crippen molar-refractivity contribution in [1.29, 1.82) is 0 Å². The topological polar surface area (TPSA) is 90.6 Å². The number of hydrogen-bond acceptors (Lipinski definition) is 5. The van der Waals surface area contributed by atoms with Gasteiger partial charge in [0.15, 0.2) is 0 Å². The van der Waals surface area contributed by atoms with E-state index in [1.54, 1.807) is 6.92 Å². The fourth-order valence-corrected chi connectivity index (χ4v) is 0.918. The second-order valence-corrected chi connectivity index (χ2v) is 2.85. The lowest BCUT2D eigenvalue weighted by Gasteiger charge is -2.14. The Balaban J connectivity index is 3.97. The van der Waals surface area contributed by atoms with Crippen LogP contribution in [0, 0.1) is 0 Å². The molecule has 0 heterocycles. The van der Waals surface area contributed by atoms with Crippen LogP contribution in [0.3, 0.4) is 0 Å². The number of carbonyl (C=O) groups is 2. The van der Waals surface area contributed by atoms with Gasteiger partial charge in [-0.3, -0.25) is 4.79 Å². The van der Waals surface area contributed by atoms with E-state index in [0.29, 0.717) is 6.61 Å². The smallest absolute Gasteiger partial charge is 0.329 e. The lowest BCUT2D eigenvalue weighted by Crippen LogP contribution is -2.46. The van der Waals surface area contributed by atoms with Gasteiger partial charge >= 0.3 is 5.97 Å². The summed E-state index contributed by atoms with van der Waals surface area (Å²) in [5.74, 6) is -0.786. The molecule has 0 aliphatic carbocycles. The number of methoxy groups -OCH3 is 1. The number of nitrogens with two attached hydrogens (primary N) is 1. The molecule has 0 bridgehead atoms. The number of ether oxygens (including phenoxy) is 2. The van der Waals surface area contributed by atoms with E-state index in [2.05, 4.69) is 5.32 Å². The number of nitrogens with one attached hydrogen (secondary N) is 1. The first-order valence-electron chi connectivity index (χ1n) is 4.80. The molecule has 1 unspecified atom stereocenters. The average molecular weight is 218 g/mol. The minimum Gasteiger partial charge on any atom is -0.464 e. The van der Waals surface area contributed by atoms with Gasteiger partial charge in [0.2, 0.25) is 5.91 Å². The van der Waals surface area contributed by atoms with Crippen molar-refractivity contribution in [2.45, 2.75) is 19.4 Å². The molecule has 0 aromatic rings. The molecule has 3 N–H and O–H groups in total. The Morgan fingerprint density at radius 1 is 1.47 bits per heavy atom. The normalized spacial score (nSPS) is 11.9. The second-order valence-electron chi connectivity index (χ2n) is 2.85. The summed E-state index contributed by atoms with van der Waals surface area (Å²) in [7, 11) is 1.50. The largest absolute Gasteiger partial charge is 0.464 e. The van der Waals surface area contributed by atoms with Crippen LogP contribution in [-0.2, 0) is 19.1 Å². The number of hydrogen-bond donors (Lipinski definition) is 2. The summed E-state index contributed by atoms with van der Waals surface area (Å²) >= 11 is 0. The fourth-order valence-electron chi connectivity index (χ4n) is 0.918. The Morgan fingerprint density at radius 2 is 2.13 bits per heavy atom. The maximum Gasteiger partial charge on any atom is 0.329 e. The van der Waals surface area contributed by atoms with Crippen molar-refractivity contribution < 1.29 is 19.1 Å². The minimum atomic E-state index is -0.769. The molecule has 0 aliphatic rings. The number of esters is 1. The Kier molecular flexibility index (Phi) is 7.57. The first-order chi connectivity index (χ1) is 7.15. The van der Waals surface area contributed by atoms with Gasteiger partial charge in [-0.15, -0.1) is 0 Å². The van der Waals surface area contributed by atoms with Crippen LogP contribution in [0.5, 0.6) is 0 Å². The molecule has 15 heavy (non-hydrogen) atoms. The Morgan fingerprint density at radius 3 is 2.60 bits per heavy atom.